The topological polar surface area (TPSA) is 119 Å². The van der Waals surface area contributed by atoms with Crippen LogP contribution in [0.4, 0.5) is 0 Å². The molecule has 1 aliphatic heterocycles. The summed E-state index contributed by atoms with van der Waals surface area (Å²) in [7, 11) is 0. The molecule has 0 amide bonds. The lowest BCUT2D eigenvalue weighted by molar-refractivity contribution is -0.0604. The fraction of sp³-hybridized carbons (Fsp3) is 0.139. The van der Waals surface area contributed by atoms with Gasteiger partial charge in [0.05, 0.1) is 37.7 Å². The lowest BCUT2D eigenvalue weighted by Crippen LogP contribution is -2.41. The number of rotatable bonds is 9. The number of ether oxygens (including phenoxy) is 4. The molecule has 10 nitrogen and oxygen atoms in total. The van der Waals surface area contributed by atoms with Gasteiger partial charge in [0.2, 0.25) is 0 Å². The van der Waals surface area contributed by atoms with Crippen molar-refractivity contribution in [1.29, 1.82) is 0 Å². The van der Waals surface area contributed by atoms with Crippen LogP contribution >= 0.6 is 22.9 Å². The molecule has 12 heteroatoms. The molecule has 0 aliphatic carbocycles. The highest BCUT2D eigenvalue weighted by atomic mass is 35.5. The molecule has 6 aromatic rings. The van der Waals surface area contributed by atoms with E-state index >= 15 is 0 Å². The number of halogens is 1. The molecule has 7 rings (SSSR count). The predicted molar refractivity (Wildman–Crippen MR) is 178 cm³/mol. The Morgan fingerprint density at radius 3 is 1.92 bits per heavy atom. The van der Waals surface area contributed by atoms with Gasteiger partial charge in [0, 0.05) is 6.20 Å². The van der Waals surface area contributed by atoms with Crippen LogP contribution in [0.1, 0.15) is 37.3 Å². The average molecular weight is 680 g/mol. The van der Waals surface area contributed by atoms with Crippen LogP contribution in [0.15, 0.2) is 121 Å². The molecule has 1 fully saturated rings. The van der Waals surface area contributed by atoms with E-state index < -0.39 is 42.4 Å². The van der Waals surface area contributed by atoms with Crippen molar-refractivity contribution < 1.29 is 33.3 Å². The number of aromatic nitrogens is 3. The first kappa shape index (κ1) is 31.3. The summed E-state index contributed by atoms with van der Waals surface area (Å²) in [5, 5.41) is 2.83. The van der Waals surface area contributed by atoms with Crippen LogP contribution in [0, 0.1) is 0 Å². The van der Waals surface area contributed by atoms with Crippen molar-refractivity contribution in [2.75, 3.05) is 6.61 Å². The first-order valence-corrected chi connectivity index (χ1v) is 16.2. The second-order valence-electron chi connectivity index (χ2n) is 10.8. The Morgan fingerprint density at radius 1 is 0.750 bits per heavy atom. The summed E-state index contributed by atoms with van der Waals surface area (Å²) >= 11 is 8.32. The molecule has 0 saturated carbocycles. The summed E-state index contributed by atoms with van der Waals surface area (Å²) < 4.78 is 25.9. The molecular formula is C36H26ClN3O7S. The Bertz CT molecular complexity index is 2060. The maximum atomic E-state index is 13.6. The molecule has 3 aromatic carbocycles. The highest BCUT2D eigenvalue weighted by Crippen LogP contribution is 2.41. The van der Waals surface area contributed by atoms with Crippen LogP contribution in [0.5, 0.6) is 0 Å². The van der Waals surface area contributed by atoms with E-state index in [1.165, 1.54) is 17.7 Å². The third kappa shape index (κ3) is 6.30. The third-order valence-corrected chi connectivity index (χ3v) is 8.93. The lowest BCUT2D eigenvalue weighted by Gasteiger charge is -2.25. The molecule has 0 spiro atoms. The van der Waals surface area contributed by atoms with Crippen molar-refractivity contribution in [3.05, 3.63) is 143 Å². The van der Waals surface area contributed by atoms with Crippen LogP contribution in [-0.2, 0) is 18.9 Å². The van der Waals surface area contributed by atoms with Crippen molar-refractivity contribution >= 4 is 51.9 Å². The van der Waals surface area contributed by atoms with Crippen molar-refractivity contribution in [2.45, 2.75) is 24.5 Å². The Kier molecular flexibility index (Phi) is 8.97. The quantitative estimate of drug-likeness (QED) is 0.117. The minimum Gasteiger partial charge on any atom is -0.459 e. The highest BCUT2D eigenvalue weighted by Gasteiger charge is 2.52. The maximum absolute atomic E-state index is 13.6. The summed E-state index contributed by atoms with van der Waals surface area (Å²) in [6.07, 6.45) is -1.57. The number of nitrogens with zero attached hydrogens (tertiary/aromatic N) is 3. The molecule has 0 radical (unpaired) electrons. The molecule has 0 unspecified atom stereocenters. The zero-order valence-electron chi connectivity index (χ0n) is 25.0. The maximum Gasteiger partial charge on any atom is 0.338 e. The van der Waals surface area contributed by atoms with E-state index in [1.54, 1.807) is 102 Å². The molecule has 4 heterocycles. The summed E-state index contributed by atoms with van der Waals surface area (Å²) in [5.41, 5.74) is 1.91. The largest absolute Gasteiger partial charge is 0.459 e. The summed E-state index contributed by atoms with van der Waals surface area (Å²) in [5.74, 6) is -1.95. The zero-order chi connectivity index (χ0) is 33.0. The number of carbonyl (C=O) groups is 3. The van der Waals surface area contributed by atoms with Gasteiger partial charge < -0.3 is 23.5 Å². The number of benzene rings is 3. The molecule has 1 aliphatic rings. The number of carbonyl (C=O) groups excluding carboxylic acids is 3. The van der Waals surface area contributed by atoms with Gasteiger partial charge in [-0.3, -0.25) is 0 Å². The molecule has 240 valence electrons. The predicted octanol–water partition coefficient (Wildman–Crippen LogP) is 7.02. The number of esters is 3. The fourth-order valence-electron chi connectivity index (χ4n) is 5.52. The van der Waals surface area contributed by atoms with Gasteiger partial charge in [-0.05, 0) is 47.8 Å². The van der Waals surface area contributed by atoms with Crippen LogP contribution in [0.3, 0.4) is 0 Å². The van der Waals surface area contributed by atoms with Gasteiger partial charge in [-0.15, -0.1) is 11.3 Å². The Hall–Kier alpha value is -5.36. The molecule has 3 aromatic heterocycles. The van der Waals surface area contributed by atoms with Crippen LogP contribution in [0.2, 0.25) is 5.02 Å². The first-order valence-electron chi connectivity index (χ1n) is 14.9. The number of thiophene rings is 1. The van der Waals surface area contributed by atoms with Gasteiger partial charge in [0.15, 0.2) is 18.4 Å². The minimum absolute atomic E-state index is 0.275. The number of hydrogen-bond acceptors (Lipinski definition) is 10. The Balaban J connectivity index is 1.30. The molecule has 0 bridgehead atoms. The van der Waals surface area contributed by atoms with Crippen LogP contribution in [-0.4, -0.2) is 57.4 Å². The van der Waals surface area contributed by atoms with Crippen molar-refractivity contribution in [3.8, 4) is 10.6 Å². The molecule has 0 N–H and O–H groups in total. The molecular weight excluding hydrogens is 654 g/mol. The van der Waals surface area contributed by atoms with Gasteiger partial charge in [0.25, 0.3) is 0 Å². The van der Waals surface area contributed by atoms with E-state index in [1.807, 2.05) is 17.5 Å². The van der Waals surface area contributed by atoms with E-state index in [-0.39, 0.29) is 17.7 Å². The van der Waals surface area contributed by atoms with Crippen molar-refractivity contribution in [3.63, 3.8) is 0 Å². The van der Waals surface area contributed by atoms with Crippen molar-refractivity contribution in [1.82, 2.24) is 14.5 Å². The lowest BCUT2D eigenvalue weighted by atomic mass is 10.1. The minimum atomic E-state index is -1.22. The van der Waals surface area contributed by atoms with Crippen molar-refractivity contribution in [2.24, 2.45) is 0 Å². The zero-order valence-corrected chi connectivity index (χ0v) is 26.6. The average Bonchev–Trinajstić information content (AvgIpc) is 3.87. The number of hydrogen-bond donors (Lipinski definition) is 0. The smallest absolute Gasteiger partial charge is 0.338 e. The second kappa shape index (κ2) is 13.8. The Labute approximate surface area is 283 Å². The number of fused-ring (bicyclic) bond motifs is 1. The van der Waals surface area contributed by atoms with Gasteiger partial charge >= 0.3 is 17.9 Å². The van der Waals surface area contributed by atoms with Gasteiger partial charge in [-0.25, -0.2) is 24.4 Å². The third-order valence-electron chi connectivity index (χ3n) is 7.77. The van der Waals surface area contributed by atoms with Gasteiger partial charge in [-0.1, -0.05) is 72.3 Å². The van der Waals surface area contributed by atoms with Gasteiger partial charge in [-0.2, -0.15) is 0 Å². The SMILES string of the molecule is O=C(OC[C@H]1O[C@@H](n2cc(Cl)c3c(-c4cccs4)ncnc32)[C@H](OC(=O)c2ccccc2)[C@@H]1OC(=O)c1ccccc1)c1ccccc1. The van der Waals surface area contributed by atoms with Crippen LogP contribution in [0.25, 0.3) is 21.6 Å². The first-order chi connectivity index (χ1) is 23.5. The molecule has 4 atom stereocenters. The van der Waals surface area contributed by atoms with E-state index in [0.29, 0.717) is 27.3 Å². The molecule has 48 heavy (non-hydrogen) atoms. The normalized spacial score (nSPS) is 18.8. The monoisotopic (exact) mass is 679 g/mol. The van der Waals surface area contributed by atoms with Crippen LogP contribution < -0.4 is 0 Å². The molecule has 1 saturated heterocycles. The fourth-order valence-corrected chi connectivity index (χ4v) is 6.52. The summed E-state index contributed by atoms with van der Waals surface area (Å²) in [4.78, 5) is 49.9. The second-order valence-corrected chi connectivity index (χ2v) is 12.1. The van der Waals surface area contributed by atoms with E-state index in [2.05, 4.69) is 9.97 Å². The van der Waals surface area contributed by atoms with E-state index in [9.17, 15) is 14.4 Å². The standard InChI is InChI=1S/C36H26ClN3O7S/c37-25-19-40(32-28(25)29(38-21-39-32)27-17-10-18-48-27)33-31(47-36(43)24-15-8-3-9-16-24)30(46-35(42)23-13-6-2-7-14-23)26(45-33)20-44-34(41)22-11-4-1-5-12-22/h1-19,21,26,30-31,33H,20H2/t26-,30-,31-,33-/m1/s1. The summed E-state index contributed by atoms with van der Waals surface area (Å²) in [6, 6.07) is 29.1. The van der Waals surface area contributed by atoms with E-state index in [4.69, 9.17) is 30.5 Å². The highest BCUT2D eigenvalue weighted by molar-refractivity contribution is 7.13. The van der Waals surface area contributed by atoms with Gasteiger partial charge in [0.1, 0.15) is 24.7 Å². The van der Waals surface area contributed by atoms with E-state index in [0.717, 1.165) is 4.88 Å². The Morgan fingerprint density at radius 2 is 1.33 bits per heavy atom. The summed E-state index contributed by atoms with van der Waals surface area (Å²) in [6.45, 7) is -0.321.